The number of nitrogens with two attached hydrogens (primary N) is 1. The van der Waals surface area contributed by atoms with E-state index in [1.54, 1.807) is 0 Å². The summed E-state index contributed by atoms with van der Waals surface area (Å²) in [5, 5.41) is 8.80. The molecular formula is C16H26N2O2. The molecular weight excluding hydrogens is 252 g/mol. The molecule has 0 aromatic heterocycles. The minimum absolute atomic E-state index is 0.106. The van der Waals surface area contributed by atoms with Crippen LogP contribution in [0.2, 0.25) is 0 Å². The highest BCUT2D eigenvalue weighted by Gasteiger charge is 2.25. The molecule has 1 saturated heterocycles. The summed E-state index contributed by atoms with van der Waals surface area (Å²) in [7, 11) is 0. The molecule has 3 N–H and O–H groups in total. The topological polar surface area (TPSA) is 58.7 Å². The van der Waals surface area contributed by atoms with Gasteiger partial charge < -0.3 is 15.6 Å². The van der Waals surface area contributed by atoms with Gasteiger partial charge in [-0.05, 0) is 25.3 Å². The normalized spacial score (nSPS) is 19.1. The first-order valence-corrected chi connectivity index (χ1v) is 7.47. The van der Waals surface area contributed by atoms with Crippen LogP contribution in [0.3, 0.4) is 0 Å². The van der Waals surface area contributed by atoms with Crippen molar-refractivity contribution in [2.45, 2.75) is 31.9 Å². The molecule has 0 bridgehead atoms. The first-order chi connectivity index (χ1) is 9.74. The average molecular weight is 278 g/mol. The Morgan fingerprint density at radius 1 is 1.40 bits per heavy atom. The summed E-state index contributed by atoms with van der Waals surface area (Å²) in [4.78, 5) is 2.45. The first-order valence-electron chi connectivity index (χ1n) is 7.47. The predicted octanol–water partition coefficient (Wildman–Crippen LogP) is 1.47. The van der Waals surface area contributed by atoms with E-state index in [1.165, 1.54) is 11.1 Å². The van der Waals surface area contributed by atoms with Gasteiger partial charge in [0.25, 0.3) is 0 Å². The van der Waals surface area contributed by atoms with Crippen molar-refractivity contribution in [2.75, 3.05) is 32.8 Å². The van der Waals surface area contributed by atoms with Gasteiger partial charge in [-0.3, -0.25) is 4.90 Å². The molecule has 20 heavy (non-hydrogen) atoms. The van der Waals surface area contributed by atoms with Crippen LogP contribution in [0.25, 0.3) is 0 Å². The predicted molar refractivity (Wildman–Crippen MR) is 80.6 cm³/mol. The van der Waals surface area contributed by atoms with E-state index in [0.29, 0.717) is 19.2 Å². The number of nitrogens with zero attached hydrogens (tertiary/aromatic N) is 1. The number of hydrogen-bond acceptors (Lipinski definition) is 4. The van der Waals surface area contributed by atoms with E-state index in [1.807, 2.05) is 0 Å². The third-order valence-electron chi connectivity index (χ3n) is 4.01. The molecule has 4 nitrogen and oxygen atoms in total. The van der Waals surface area contributed by atoms with Crippen LogP contribution in [-0.2, 0) is 4.74 Å². The minimum atomic E-state index is 0.106. The molecule has 0 aliphatic carbocycles. The van der Waals surface area contributed by atoms with Gasteiger partial charge in [0, 0.05) is 25.7 Å². The van der Waals surface area contributed by atoms with Crippen molar-refractivity contribution in [3.8, 4) is 0 Å². The summed E-state index contributed by atoms with van der Waals surface area (Å²) >= 11 is 0. The summed E-state index contributed by atoms with van der Waals surface area (Å²) in [5.74, 6) is 0. The Bertz CT molecular complexity index is 403. The van der Waals surface area contributed by atoms with E-state index >= 15 is 0 Å². The highest BCUT2D eigenvalue weighted by Crippen LogP contribution is 2.25. The summed E-state index contributed by atoms with van der Waals surface area (Å²) < 4.78 is 5.61. The zero-order valence-corrected chi connectivity index (χ0v) is 12.3. The maximum atomic E-state index is 8.80. The Balaban J connectivity index is 1.93. The van der Waals surface area contributed by atoms with Gasteiger partial charge in [0.05, 0.1) is 19.3 Å². The van der Waals surface area contributed by atoms with Crippen molar-refractivity contribution in [2.24, 2.45) is 5.73 Å². The lowest BCUT2D eigenvalue weighted by molar-refractivity contribution is -0.0148. The van der Waals surface area contributed by atoms with Gasteiger partial charge in [-0.15, -0.1) is 0 Å². The van der Waals surface area contributed by atoms with Crippen molar-refractivity contribution in [1.82, 2.24) is 4.90 Å². The molecule has 4 heteroatoms. The lowest BCUT2D eigenvalue weighted by Crippen LogP contribution is -2.42. The summed E-state index contributed by atoms with van der Waals surface area (Å²) in [6.45, 7) is 5.33. The Hall–Kier alpha value is -0.940. The van der Waals surface area contributed by atoms with Crippen LogP contribution in [0.15, 0.2) is 24.3 Å². The van der Waals surface area contributed by atoms with E-state index in [-0.39, 0.29) is 12.7 Å². The number of aliphatic hydroxyl groups is 1. The Kier molecular flexibility index (Phi) is 5.98. The first kappa shape index (κ1) is 15.4. The van der Waals surface area contributed by atoms with Crippen LogP contribution >= 0.6 is 0 Å². The van der Waals surface area contributed by atoms with E-state index < -0.39 is 0 Å². The fourth-order valence-corrected chi connectivity index (χ4v) is 2.95. The third kappa shape index (κ3) is 4.03. The van der Waals surface area contributed by atoms with Crippen molar-refractivity contribution in [1.29, 1.82) is 0 Å². The van der Waals surface area contributed by atoms with E-state index in [4.69, 9.17) is 15.6 Å². The van der Waals surface area contributed by atoms with Crippen molar-refractivity contribution in [3.63, 3.8) is 0 Å². The van der Waals surface area contributed by atoms with Crippen molar-refractivity contribution < 1.29 is 9.84 Å². The molecule has 1 aliphatic heterocycles. The SMILES string of the molecule is Cc1cccc(C(CN)N2CCC(OCCO)CC2)c1. The second-order valence-electron chi connectivity index (χ2n) is 5.50. The molecule has 1 heterocycles. The number of benzene rings is 1. The fourth-order valence-electron chi connectivity index (χ4n) is 2.95. The molecule has 1 aromatic rings. The number of aliphatic hydroxyl groups excluding tert-OH is 1. The maximum Gasteiger partial charge on any atom is 0.0701 e. The number of piperidine rings is 1. The largest absolute Gasteiger partial charge is 0.394 e. The molecule has 1 fully saturated rings. The number of hydrogen-bond donors (Lipinski definition) is 2. The van der Waals surface area contributed by atoms with Gasteiger partial charge in [0.1, 0.15) is 0 Å². The van der Waals surface area contributed by atoms with Gasteiger partial charge in [0.15, 0.2) is 0 Å². The van der Waals surface area contributed by atoms with Gasteiger partial charge >= 0.3 is 0 Å². The third-order valence-corrected chi connectivity index (χ3v) is 4.01. The maximum absolute atomic E-state index is 8.80. The summed E-state index contributed by atoms with van der Waals surface area (Å²) in [6.07, 6.45) is 2.32. The summed E-state index contributed by atoms with van der Waals surface area (Å²) in [6, 6.07) is 8.91. The molecule has 1 atom stereocenters. The number of aryl methyl sites for hydroxylation is 1. The van der Waals surface area contributed by atoms with Crippen molar-refractivity contribution >= 4 is 0 Å². The number of ether oxygens (including phenoxy) is 1. The van der Waals surface area contributed by atoms with Crippen molar-refractivity contribution in [3.05, 3.63) is 35.4 Å². The van der Waals surface area contributed by atoms with Crippen LogP contribution in [0.5, 0.6) is 0 Å². The quantitative estimate of drug-likeness (QED) is 0.827. The highest BCUT2D eigenvalue weighted by atomic mass is 16.5. The molecule has 0 saturated carbocycles. The van der Waals surface area contributed by atoms with Crippen LogP contribution < -0.4 is 5.73 Å². The Morgan fingerprint density at radius 2 is 2.15 bits per heavy atom. The van der Waals surface area contributed by atoms with Gasteiger partial charge in [-0.1, -0.05) is 29.8 Å². The molecule has 0 radical (unpaired) electrons. The lowest BCUT2D eigenvalue weighted by Gasteiger charge is -2.37. The van der Waals surface area contributed by atoms with Crippen LogP contribution in [-0.4, -0.2) is 49.0 Å². The van der Waals surface area contributed by atoms with Crippen LogP contribution in [0, 0.1) is 6.92 Å². The monoisotopic (exact) mass is 278 g/mol. The molecule has 112 valence electrons. The molecule has 0 amide bonds. The average Bonchev–Trinajstić information content (AvgIpc) is 2.47. The lowest BCUT2D eigenvalue weighted by atomic mass is 9.99. The smallest absolute Gasteiger partial charge is 0.0701 e. The zero-order valence-electron chi connectivity index (χ0n) is 12.3. The second-order valence-corrected chi connectivity index (χ2v) is 5.50. The second kappa shape index (κ2) is 7.74. The van der Waals surface area contributed by atoms with Crippen LogP contribution in [0.4, 0.5) is 0 Å². The Morgan fingerprint density at radius 3 is 2.75 bits per heavy atom. The van der Waals surface area contributed by atoms with Crippen LogP contribution in [0.1, 0.15) is 30.0 Å². The zero-order chi connectivity index (χ0) is 14.4. The van der Waals surface area contributed by atoms with Gasteiger partial charge in [-0.25, -0.2) is 0 Å². The van der Waals surface area contributed by atoms with Gasteiger partial charge in [-0.2, -0.15) is 0 Å². The number of rotatable bonds is 6. The van der Waals surface area contributed by atoms with E-state index in [9.17, 15) is 0 Å². The Labute approximate surface area is 121 Å². The molecule has 0 spiro atoms. The molecule has 1 aliphatic rings. The highest BCUT2D eigenvalue weighted by molar-refractivity contribution is 5.25. The molecule has 2 rings (SSSR count). The van der Waals surface area contributed by atoms with E-state index in [0.717, 1.165) is 25.9 Å². The van der Waals surface area contributed by atoms with E-state index in [2.05, 4.69) is 36.1 Å². The molecule has 1 unspecified atom stereocenters. The fraction of sp³-hybridized carbons (Fsp3) is 0.625. The summed E-state index contributed by atoms with van der Waals surface area (Å²) in [5.41, 5.74) is 8.58. The standard InChI is InChI=1S/C16H26N2O2/c1-13-3-2-4-14(11-13)16(12-17)18-7-5-15(6-8-18)20-10-9-19/h2-4,11,15-16,19H,5-10,12,17H2,1H3. The van der Waals surface area contributed by atoms with Gasteiger partial charge in [0.2, 0.25) is 0 Å². The number of likely N-dealkylation sites (tertiary alicyclic amines) is 1. The molecule has 1 aromatic carbocycles. The minimum Gasteiger partial charge on any atom is -0.394 e.